The van der Waals surface area contributed by atoms with Crippen LogP contribution in [-0.2, 0) is 9.63 Å². The number of oxime groups is 1. The lowest BCUT2D eigenvalue weighted by molar-refractivity contribution is -0.129. The fourth-order valence-electron chi connectivity index (χ4n) is 0.684. The molecule has 1 aromatic heterocycles. The average Bonchev–Trinajstić information content (AvgIpc) is 2.82. The van der Waals surface area contributed by atoms with Crippen LogP contribution in [-0.4, -0.2) is 23.4 Å². The molecule has 0 aromatic carbocycles. The highest BCUT2D eigenvalue weighted by molar-refractivity contribution is 7.07. The molecule has 0 amide bonds. The number of carboxylic acid groups (broad SMARTS) is 1. The van der Waals surface area contributed by atoms with E-state index in [9.17, 15) is 4.79 Å². The van der Waals surface area contributed by atoms with Gasteiger partial charge < -0.3 is 9.94 Å². The van der Waals surface area contributed by atoms with Crippen molar-refractivity contribution in [3.63, 3.8) is 0 Å². The molecule has 0 aliphatic carbocycles. The SMILES string of the molecule is O=C(O)C1=NOCC1.c1ccsc1. The molecule has 2 rings (SSSR count). The highest BCUT2D eigenvalue weighted by Gasteiger charge is 2.14. The summed E-state index contributed by atoms with van der Waals surface area (Å²) in [6, 6.07) is 4.04. The van der Waals surface area contributed by atoms with Crippen molar-refractivity contribution in [2.75, 3.05) is 6.61 Å². The van der Waals surface area contributed by atoms with Gasteiger partial charge in [-0.05, 0) is 10.8 Å². The zero-order valence-corrected chi connectivity index (χ0v) is 7.66. The maximum atomic E-state index is 9.99. The standard InChI is InChI=1S/C4H5NO3.C4H4S/c6-4(7)3-1-2-8-5-3;1-2-4-5-3-1/h1-2H2,(H,6,7);1-4H. The van der Waals surface area contributed by atoms with Gasteiger partial charge in [0.1, 0.15) is 6.61 Å². The lowest BCUT2D eigenvalue weighted by Gasteiger charge is -1.80. The van der Waals surface area contributed by atoms with Crippen molar-refractivity contribution in [1.29, 1.82) is 0 Å². The second kappa shape index (κ2) is 5.31. The van der Waals surface area contributed by atoms with E-state index in [1.165, 1.54) is 0 Å². The molecule has 0 atom stereocenters. The van der Waals surface area contributed by atoms with Crippen LogP contribution >= 0.6 is 11.3 Å². The maximum absolute atomic E-state index is 9.99. The van der Waals surface area contributed by atoms with Gasteiger partial charge in [0.2, 0.25) is 0 Å². The molecule has 0 saturated carbocycles. The lowest BCUT2D eigenvalue weighted by atomic mass is 10.3. The summed E-state index contributed by atoms with van der Waals surface area (Å²) in [4.78, 5) is 14.4. The minimum Gasteiger partial charge on any atom is -0.477 e. The third-order valence-electron chi connectivity index (χ3n) is 1.28. The number of hydrogen-bond donors (Lipinski definition) is 1. The Morgan fingerprint density at radius 1 is 1.54 bits per heavy atom. The Morgan fingerprint density at radius 3 is 2.46 bits per heavy atom. The molecule has 0 fully saturated rings. The van der Waals surface area contributed by atoms with Gasteiger partial charge in [-0.2, -0.15) is 11.3 Å². The van der Waals surface area contributed by atoms with Crippen molar-refractivity contribution in [3.05, 3.63) is 22.9 Å². The molecule has 0 unspecified atom stereocenters. The average molecular weight is 199 g/mol. The van der Waals surface area contributed by atoms with E-state index in [2.05, 4.69) is 9.99 Å². The van der Waals surface area contributed by atoms with Crippen LogP contribution in [0.2, 0.25) is 0 Å². The van der Waals surface area contributed by atoms with Crippen molar-refractivity contribution >= 4 is 23.0 Å². The van der Waals surface area contributed by atoms with Gasteiger partial charge in [0.15, 0.2) is 5.71 Å². The summed E-state index contributed by atoms with van der Waals surface area (Å²) in [6.45, 7) is 0.404. The number of hydrogen-bond acceptors (Lipinski definition) is 4. The molecule has 13 heavy (non-hydrogen) atoms. The van der Waals surface area contributed by atoms with E-state index in [4.69, 9.17) is 5.11 Å². The van der Waals surface area contributed by atoms with Gasteiger partial charge in [-0.3, -0.25) is 0 Å². The Balaban J connectivity index is 0.000000145. The third kappa shape index (κ3) is 3.71. The first kappa shape index (κ1) is 9.73. The summed E-state index contributed by atoms with van der Waals surface area (Å²) in [7, 11) is 0. The van der Waals surface area contributed by atoms with Crippen LogP contribution < -0.4 is 0 Å². The van der Waals surface area contributed by atoms with Gasteiger partial charge in [0, 0.05) is 6.42 Å². The molecule has 1 aliphatic heterocycles. The fourth-order valence-corrected chi connectivity index (χ4v) is 1.14. The largest absolute Gasteiger partial charge is 0.477 e. The minimum atomic E-state index is -0.984. The summed E-state index contributed by atoms with van der Waals surface area (Å²) in [5, 5.41) is 15.5. The van der Waals surface area contributed by atoms with E-state index in [0.717, 1.165) is 0 Å². The van der Waals surface area contributed by atoms with Crippen molar-refractivity contribution in [2.45, 2.75) is 6.42 Å². The Bertz CT molecular complexity index is 264. The molecule has 5 heteroatoms. The molecule has 0 radical (unpaired) electrons. The number of aliphatic carboxylic acids is 1. The van der Waals surface area contributed by atoms with Crippen LogP contribution in [0.5, 0.6) is 0 Å². The highest BCUT2D eigenvalue weighted by atomic mass is 32.1. The maximum Gasteiger partial charge on any atom is 0.353 e. The molecule has 4 nitrogen and oxygen atoms in total. The van der Waals surface area contributed by atoms with Crippen molar-refractivity contribution < 1.29 is 14.7 Å². The van der Waals surface area contributed by atoms with Gasteiger partial charge in [-0.25, -0.2) is 4.79 Å². The summed E-state index contributed by atoms with van der Waals surface area (Å²) in [5.74, 6) is -0.984. The molecule has 1 N–H and O–H groups in total. The molecular weight excluding hydrogens is 190 g/mol. The molecule has 0 bridgehead atoms. The summed E-state index contributed by atoms with van der Waals surface area (Å²) in [6.07, 6.45) is 0.426. The van der Waals surface area contributed by atoms with Crippen molar-refractivity contribution in [3.8, 4) is 0 Å². The van der Waals surface area contributed by atoms with Gasteiger partial charge in [-0.15, -0.1) is 0 Å². The first-order valence-electron chi connectivity index (χ1n) is 3.70. The summed E-state index contributed by atoms with van der Waals surface area (Å²) in [5.41, 5.74) is 0.116. The lowest BCUT2D eigenvalue weighted by Crippen LogP contribution is -2.09. The molecule has 2 heterocycles. The van der Waals surface area contributed by atoms with Gasteiger partial charge in [-0.1, -0.05) is 17.3 Å². The number of carbonyl (C=O) groups is 1. The van der Waals surface area contributed by atoms with Gasteiger partial charge in [0.25, 0.3) is 0 Å². The number of carboxylic acids is 1. The van der Waals surface area contributed by atoms with E-state index < -0.39 is 5.97 Å². The normalized spacial score (nSPS) is 13.7. The highest BCUT2D eigenvalue weighted by Crippen LogP contribution is 1.98. The Morgan fingerprint density at radius 2 is 2.23 bits per heavy atom. The summed E-state index contributed by atoms with van der Waals surface area (Å²) < 4.78 is 0. The van der Waals surface area contributed by atoms with Gasteiger partial charge in [0.05, 0.1) is 0 Å². The van der Waals surface area contributed by atoms with E-state index >= 15 is 0 Å². The molecule has 1 aliphatic rings. The minimum absolute atomic E-state index is 0.116. The van der Waals surface area contributed by atoms with Crippen LogP contribution in [0.3, 0.4) is 0 Å². The third-order valence-corrected chi connectivity index (χ3v) is 1.91. The topological polar surface area (TPSA) is 58.9 Å². The van der Waals surface area contributed by atoms with Crippen molar-refractivity contribution in [2.24, 2.45) is 5.16 Å². The fraction of sp³-hybridized carbons (Fsp3) is 0.250. The molecular formula is C8H9NO3S. The van der Waals surface area contributed by atoms with Crippen LogP contribution in [0.25, 0.3) is 0 Å². The Labute approximate surface area is 79.5 Å². The first-order valence-corrected chi connectivity index (χ1v) is 4.64. The molecule has 70 valence electrons. The van der Waals surface area contributed by atoms with Crippen LogP contribution in [0.1, 0.15) is 6.42 Å². The van der Waals surface area contributed by atoms with Gasteiger partial charge >= 0.3 is 5.97 Å². The van der Waals surface area contributed by atoms with E-state index in [0.29, 0.717) is 13.0 Å². The smallest absolute Gasteiger partial charge is 0.353 e. The molecule has 0 saturated heterocycles. The monoisotopic (exact) mass is 199 g/mol. The number of nitrogens with zero attached hydrogens (tertiary/aromatic N) is 1. The number of rotatable bonds is 1. The summed E-state index contributed by atoms with van der Waals surface area (Å²) >= 11 is 1.71. The van der Waals surface area contributed by atoms with Crippen LogP contribution in [0.4, 0.5) is 0 Å². The molecule has 0 spiro atoms. The zero-order chi connectivity index (χ0) is 9.52. The quantitative estimate of drug-likeness (QED) is 0.747. The van der Waals surface area contributed by atoms with Crippen LogP contribution in [0, 0.1) is 0 Å². The van der Waals surface area contributed by atoms with Crippen molar-refractivity contribution in [1.82, 2.24) is 0 Å². The van der Waals surface area contributed by atoms with E-state index in [1.54, 1.807) is 11.3 Å². The molecule has 1 aromatic rings. The van der Waals surface area contributed by atoms with E-state index in [1.807, 2.05) is 22.9 Å². The van der Waals surface area contributed by atoms with Crippen LogP contribution in [0.15, 0.2) is 28.0 Å². The second-order valence-corrected chi connectivity index (χ2v) is 3.04. The predicted octanol–water partition coefficient (Wildman–Crippen LogP) is 1.60. The second-order valence-electron chi connectivity index (χ2n) is 2.22. The zero-order valence-electron chi connectivity index (χ0n) is 6.84. The Hall–Kier alpha value is -1.36. The first-order chi connectivity index (χ1) is 6.30. The Kier molecular flexibility index (Phi) is 3.98. The predicted molar refractivity (Wildman–Crippen MR) is 50.0 cm³/mol. The van der Waals surface area contributed by atoms with E-state index in [-0.39, 0.29) is 5.71 Å². The number of thiophene rings is 1.